The van der Waals surface area contributed by atoms with E-state index >= 15 is 0 Å². The first-order valence-corrected chi connectivity index (χ1v) is 9.48. The van der Waals surface area contributed by atoms with Gasteiger partial charge >= 0.3 is 0 Å². The summed E-state index contributed by atoms with van der Waals surface area (Å²) in [4.78, 5) is 7.87. The number of anilines is 1. The molecule has 8 nitrogen and oxygen atoms in total. The van der Waals surface area contributed by atoms with Gasteiger partial charge in [0.05, 0.1) is 16.7 Å². The molecule has 0 bridgehead atoms. The van der Waals surface area contributed by atoms with E-state index in [9.17, 15) is 0 Å². The third-order valence-electron chi connectivity index (χ3n) is 5.20. The number of H-pyrrole nitrogens is 1. The van der Waals surface area contributed by atoms with Gasteiger partial charge in [0.2, 0.25) is 0 Å². The van der Waals surface area contributed by atoms with Gasteiger partial charge in [-0.15, -0.1) is 10.2 Å². The SMILES string of the molecule is NNc1c(-c2nc3ccccc3[nH]2)nnc2cc(-c3cccc4ccccc34)nn12. The molecule has 0 aliphatic carbocycles. The summed E-state index contributed by atoms with van der Waals surface area (Å²) in [5.41, 5.74) is 7.37. The number of hydrogen-bond acceptors (Lipinski definition) is 6. The van der Waals surface area contributed by atoms with E-state index in [-0.39, 0.29) is 0 Å². The molecule has 0 amide bonds. The molecule has 0 unspecified atom stereocenters. The van der Waals surface area contributed by atoms with Gasteiger partial charge < -0.3 is 10.4 Å². The van der Waals surface area contributed by atoms with E-state index in [0.29, 0.717) is 23.0 Å². The Bertz CT molecular complexity index is 1510. The second-order valence-corrected chi connectivity index (χ2v) is 6.97. The van der Waals surface area contributed by atoms with Gasteiger partial charge in [-0.2, -0.15) is 9.61 Å². The fourth-order valence-electron chi connectivity index (χ4n) is 3.79. The lowest BCUT2D eigenvalue weighted by atomic mass is 10.0. The van der Waals surface area contributed by atoms with Gasteiger partial charge in [-0.25, -0.2) is 10.8 Å². The van der Waals surface area contributed by atoms with Crippen LogP contribution in [0.25, 0.3) is 50.2 Å². The molecule has 8 heteroatoms. The van der Waals surface area contributed by atoms with E-state index in [2.05, 4.69) is 43.8 Å². The van der Waals surface area contributed by atoms with Gasteiger partial charge in [0, 0.05) is 11.6 Å². The Hall–Kier alpha value is -4.30. The number of nitrogens with zero attached hydrogens (tertiary/aromatic N) is 5. The van der Waals surface area contributed by atoms with E-state index < -0.39 is 0 Å². The van der Waals surface area contributed by atoms with Crippen LogP contribution in [0, 0.1) is 0 Å². The van der Waals surface area contributed by atoms with Crippen LogP contribution in [0.2, 0.25) is 0 Å². The zero-order valence-electron chi connectivity index (χ0n) is 15.7. The Kier molecular flexibility index (Phi) is 3.53. The second kappa shape index (κ2) is 6.36. The lowest BCUT2D eigenvalue weighted by Crippen LogP contribution is -2.15. The quantitative estimate of drug-likeness (QED) is 0.312. The molecular formula is C22H16N8. The maximum absolute atomic E-state index is 5.87. The summed E-state index contributed by atoms with van der Waals surface area (Å²) in [7, 11) is 0. The number of fused-ring (bicyclic) bond motifs is 3. The van der Waals surface area contributed by atoms with E-state index in [1.54, 1.807) is 4.52 Å². The van der Waals surface area contributed by atoms with Crippen molar-refractivity contribution in [2.75, 3.05) is 5.43 Å². The molecule has 0 spiro atoms. The highest BCUT2D eigenvalue weighted by atomic mass is 15.4. The molecule has 0 fully saturated rings. The van der Waals surface area contributed by atoms with Crippen molar-refractivity contribution < 1.29 is 0 Å². The average Bonchev–Trinajstić information content (AvgIpc) is 3.42. The number of nitrogens with two attached hydrogens (primary N) is 1. The molecule has 3 heterocycles. The molecular weight excluding hydrogens is 376 g/mol. The van der Waals surface area contributed by atoms with Crippen LogP contribution in [0.15, 0.2) is 72.8 Å². The van der Waals surface area contributed by atoms with Crippen LogP contribution < -0.4 is 11.3 Å². The summed E-state index contributed by atoms with van der Waals surface area (Å²) >= 11 is 0. The molecule has 0 radical (unpaired) electrons. The maximum atomic E-state index is 5.87. The smallest absolute Gasteiger partial charge is 0.180 e. The number of aromatic nitrogens is 6. The van der Waals surface area contributed by atoms with Crippen molar-refractivity contribution in [1.82, 2.24) is 29.8 Å². The minimum atomic E-state index is 0.494. The molecule has 4 N–H and O–H groups in total. The molecule has 0 aliphatic heterocycles. The Balaban J connectivity index is 1.56. The summed E-state index contributed by atoms with van der Waals surface area (Å²) in [5.74, 6) is 6.94. The minimum Gasteiger partial charge on any atom is -0.336 e. The topological polar surface area (TPSA) is 110 Å². The molecule has 0 saturated carbocycles. The Labute approximate surface area is 170 Å². The van der Waals surface area contributed by atoms with Gasteiger partial charge in [-0.1, -0.05) is 54.6 Å². The monoisotopic (exact) mass is 392 g/mol. The number of nitrogen functional groups attached to an aromatic ring is 1. The summed E-state index contributed by atoms with van der Waals surface area (Å²) in [6.07, 6.45) is 0. The third-order valence-corrected chi connectivity index (χ3v) is 5.20. The first kappa shape index (κ1) is 16.6. The summed E-state index contributed by atoms with van der Waals surface area (Å²) in [6, 6.07) is 24.1. The van der Waals surface area contributed by atoms with Crippen LogP contribution >= 0.6 is 0 Å². The van der Waals surface area contributed by atoms with Gasteiger partial charge in [-0.05, 0) is 22.9 Å². The highest BCUT2D eigenvalue weighted by Crippen LogP contribution is 2.30. The third kappa shape index (κ3) is 2.44. The fourth-order valence-corrected chi connectivity index (χ4v) is 3.79. The molecule has 3 aromatic heterocycles. The number of hydrazine groups is 1. The lowest BCUT2D eigenvalue weighted by Gasteiger charge is -2.06. The number of benzene rings is 3. The summed E-state index contributed by atoms with van der Waals surface area (Å²) < 4.78 is 1.66. The lowest BCUT2D eigenvalue weighted by molar-refractivity contribution is 0.892. The number of para-hydroxylation sites is 2. The van der Waals surface area contributed by atoms with Crippen molar-refractivity contribution in [3.8, 4) is 22.8 Å². The van der Waals surface area contributed by atoms with Crippen LogP contribution in [-0.4, -0.2) is 29.8 Å². The Morgan fingerprint density at radius 2 is 1.73 bits per heavy atom. The number of nitrogens with one attached hydrogen (secondary N) is 2. The average molecular weight is 392 g/mol. The second-order valence-electron chi connectivity index (χ2n) is 6.97. The standard InChI is InChI=1S/C22H16N8/c23-26-22-20(21-24-16-10-3-4-11-17(16)25-21)28-27-19-12-18(29-30(19)22)15-9-5-7-13-6-1-2-8-14(13)15/h1-12,26H,23H2,(H,24,25). The van der Waals surface area contributed by atoms with Crippen molar-refractivity contribution in [2.45, 2.75) is 0 Å². The van der Waals surface area contributed by atoms with Gasteiger partial charge in [0.25, 0.3) is 0 Å². The van der Waals surface area contributed by atoms with Crippen molar-refractivity contribution in [2.24, 2.45) is 5.84 Å². The van der Waals surface area contributed by atoms with Crippen LogP contribution in [0.1, 0.15) is 0 Å². The largest absolute Gasteiger partial charge is 0.336 e. The number of aromatic amines is 1. The highest BCUT2D eigenvalue weighted by Gasteiger charge is 2.18. The first-order chi connectivity index (χ1) is 14.8. The van der Waals surface area contributed by atoms with Gasteiger partial charge in [-0.3, -0.25) is 0 Å². The zero-order chi connectivity index (χ0) is 20.1. The molecule has 30 heavy (non-hydrogen) atoms. The van der Waals surface area contributed by atoms with Crippen LogP contribution in [0.4, 0.5) is 5.82 Å². The van der Waals surface area contributed by atoms with E-state index in [1.807, 2.05) is 54.6 Å². The highest BCUT2D eigenvalue weighted by molar-refractivity contribution is 5.96. The maximum Gasteiger partial charge on any atom is 0.180 e. The van der Waals surface area contributed by atoms with E-state index in [0.717, 1.165) is 33.1 Å². The van der Waals surface area contributed by atoms with Crippen molar-refractivity contribution >= 4 is 33.3 Å². The van der Waals surface area contributed by atoms with Crippen molar-refractivity contribution in [3.05, 3.63) is 72.8 Å². The molecule has 144 valence electrons. The zero-order valence-corrected chi connectivity index (χ0v) is 15.7. The van der Waals surface area contributed by atoms with E-state index in [1.165, 1.54) is 0 Å². The van der Waals surface area contributed by atoms with Gasteiger partial charge in [0.1, 0.15) is 0 Å². The number of imidazole rings is 1. The van der Waals surface area contributed by atoms with Crippen LogP contribution in [0.3, 0.4) is 0 Å². The Morgan fingerprint density at radius 3 is 2.63 bits per heavy atom. The predicted octanol–water partition coefficient (Wildman–Crippen LogP) is 3.77. The Morgan fingerprint density at radius 1 is 0.900 bits per heavy atom. The first-order valence-electron chi connectivity index (χ1n) is 9.48. The number of rotatable bonds is 3. The molecule has 0 atom stereocenters. The van der Waals surface area contributed by atoms with Crippen molar-refractivity contribution in [3.63, 3.8) is 0 Å². The predicted molar refractivity (Wildman–Crippen MR) is 117 cm³/mol. The molecule has 0 saturated heterocycles. The van der Waals surface area contributed by atoms with Crippen molar-refractivity contribution in [1.29, 1.82) is 0 Å². The van der Waals surface area contributed by atoms with Gasteiger partial charge in [0.15, 0.2) is 23.0 Å². The number of hydrogen-bond donors (Lipinski definition) is 3. The summed E-state index contributed by atoms with van der Waals surface area (Å²) in [5, 5.41) is 15.8. The van der Waals surface area contributed by atoms with E-state index in [4.69, 9.17) is 10.9 Å². The molecule has 0 aliphatic rings. The fraction of sp³-hybridized carbons (Fsp3) is 0. The molecule has 6 rings (SSSR count). The minimum absolute atomic E-state index is 0.494. The molecule has 3 aromatic carbocycles. The van der Waals surface area contributed by atoms with Crippen LogP contribution in [-0.2, 0) is 0 Å². The summed E-state index contributed by atoms with van der Waals surface area (Å²) in [6.45, 7) is 0. The van der Waals surface area contributed by atoms with Crippen LogP contribution in [0.5, 0.6) is 0 Å². The normalized spacial score (nSPS) is 11.5. The molecule has 6 aromatic rings.